The highest BCUT2D eigenvalue weighted by molar-refractivity contribution is 7.86. The van der Waals surface area contributed by atoms with Gasteiger partial charge in [-0.3, -0.25) is 19.0 Å². The van der Waals surface area contributed by atoms with Crippen molar-refractivity contribution >= 4 is 25.3 Å². The SMILES string of the molecule is CC(C)(O)C(NC(P(=O)(O)O)P(=O)(O)O)S(=O)(=O)O. The molecule has 116 valence electrons. The zero-order valence-corrected chi connectivity index (χ0v) is 12.4. The summed E-state index contributed by atoms with van der Waals surface area (Å²) in [7, 11) is -16.0. The molecule has 14 heteroatoms. The molecule has 19 heavy (non-hydrogen) atoms. The van der Waals surface area contributed by atoms with Crippen LogP contribution in [-0.4, -0.2) is 54.1 Å². The minimum atomic E-state index is -5.45. The first-order valence-corrected chi connectivity index (χ1v) is 9.39. The summed E-state index contributed by atoms with van der Waals surface area (Å²) in [6, 6.07) is 0. The number of hydrogen-bond donors (Lipinski definition) is 7. The Morgan fingerprint density at radius 3 is 1.53 bits per heavy atom. The van der Waals surface area contributed by atoms with E-state index in [1.807, 2.05) is 0 Å². The lowest BCUT2D eigenvalue weighted by Gasteiger charge is -2.31. The van der Waals surface area contributed by atoms with Gasteiger partial charge in [-0.15, -0.1) is 0 Å². The van der Waals surface area contributed by atoms with Crippen LogP contribution in [0.3, 0.4) is 0 Å². The molecule has 0 radical (unpaired) electrons. The fourth-order valence-electron chi connectivity index (χ4n) is 1.18. The molecule has 0 aromatic heterocycles. The number of hydrogen-bond acceptors (Lipinski definition) is 6. The van der Waals surface area contributed by atoms with Crippen molar-refractivity contribution in [2.45, 2.75) is 30.3 Å². The van der Waals surface area contributed by atoms with E-state index < -0.39 is 41.8 Å². The third-order valence-electron chi connectivity index (χ3n) is 1.88. The monoisotopic (exact) mass is 343 g/mol. The molecule has 0 aromatic rings. The zero-order chi connectivity index (χ0) is 15.9. The molecule has 11 nitrogen and oxygen atoms in total. The molecule has 0 aliphatic carbocycles. The van der Waals surface area contributed by atoms with Crippen LogP contribution in [0.25, 0.3) is 0 Å². The molecule has 0 spiro atoms. The molecular weight excluding hydrogens is 328 g/mol. The van der Waals surface area contributed by atoms with E-state index in [-0.39, 0.29) is 0 Å². The predicted octanol–water partition coefficient (Wildman–Crippen LogP) is -1.80. The fraction of sp³-hybridized carbons (Fsp3) is 1.00. The van der Waals surface area contributed by atoms with E-state index in [1.165, 1.54) is 5.32 Å². The molecule has 0 saturated heterocycles. The second kappa shape index (κ2) is 5.49. The third-order valence-corrected chi connectivity index (χ3v) is 6.56. The van der Waals surface area contributed by atoms with Gasteiger partial charge in [0.15, 0.2) is 5.37 Å². The average molecular weight is 343 g/mol. The molecule has 0 bridgehead atoms. The Balaban J connectivity index is 5.69. The lowest BCUT2D eigenvalue weighted by atomic mass is 10.1. The molecule has 0 aromatic carbocycles. The highest BCUT2D eigenvalue weighted by atomic mass is 32.2. The van der Waals surface area contributed by atoms with Gasteiger partial charge in [0.2, 0.25) is 5.52 Å². The van der Waals surface area contributed by atoms with Crippen LogP contribution in [0.15, 0.2) is 0 Å². The Hall–Kier alpha value is 0.130. The fourth-order valence-corrected chi connectivity index (χ4v) is 4.67. The van der Waals surface area contributed by atoms with Crippen LogP contribution in [0.2, 0.25) is 0 Å². The largest absolute Gasteiger partial charge is 0.388 e. The Morgan fingerprint density at radius 2 is 1.37 bits per heavy atom. The van der Waals surface area contributed by atoms with Crippen LogP contribution in [0.1, 0.15) is 13.8 Å². The molecule has 1 unspecified atom stereocenters. The highest BCUT2D eigenvalue weighted by Crippen LogP contribution is 2.58. The molecule has 0 heterocycles. The topological polar surface area (TPSA) is 202 Å². The van der Waals surface area contributed by atoms with Gasteiger partial charge in [0.05, 0.1) is 5.60 Å². The Kier molecular flexibility index (Phi) is 5.53. The molecule has 0 aliphatic heterocycles. The van der Waals surface area contributed by atoms with Crippen molar-refractivity contribution in [1.82, 2.24) is 5.32 Å². The maximum absolute atomic E-state index is 11.0. The summed E-state index contributed by atoms with van der Waals surface area (Å²) in [5.41, 5.74) is -5.14. The van der Waals surface area contributed by atoms with Gasteiger partial charge < -0.3 is 24.7 Å². The van der Waals surface area contributed by atoms with E-state index in [0.29, 0.717) is 0 Å². The number of aliphatic hydroxyl groups is 1. The van der Waals surface area contributed by atoms with Crippen molar-refractivity contribution in [1.29, 1.82) is 0 Å². The summed E-state index contributed by atoms with van der Waals surface area (Å²) < 4.78 is 52.7. The minimum Gasteiger partial charge on any atom is -0.388 e. The van der Waals surface area contributed by atoms with Gasteiger partial charge in [0.25, 0.3) is 10.1 Å². The zero-order valence-electron chi connectivity index (χ0n) is 9.77. The summed E-state index contributed by atoms with van der Waals surface area (Å²) in [6.45, 7) is 1.71. The van der Waals surface area contributed by atoms with Crippen molar-refractivity contribution < 1.29 is 46.8 Å². The van der Waals surface area contributed by atoms with E-state index in [0.717, 1.165) is 13.8 Å². The van der Waals surface area contributed by atoms with Crippen molar-refractivity contribution in [3.8, 4) is 0 Å². The first kappa shape index (κ1) is 19.1. The van der Waals surface area contributed by atoms with Crippen LogP contribution < -0.4 is 5.32 Å². The minimum absolute atomic E-state index is 0.856. The molecule has 0 saturated carbocycles. The molecule has 7 N–H and O–H groups in total. The quantitative estimate of drug-likeness (QED) is 0.212. The van der Waals surface area contributed by atoms with Gasteiger partial charge in [-0.1, -0.05) is 0 Å². The van der Waals surface area contributed by atoms with Gasteiger partial charge in [-0.05, 0) is 13.8 Å². The summed E-state index contributed by atoms with van der Waals surface area (Å²) >= 11 is 0. The molecule has 0 aliphatic rings. The van der Waals surface area contributed by atoms with Crippen LogP contribution in [-0.2, 0) is 19.2 Å². The smallest absolute Gasteiger partial charge is 0.354 e. The summed E-state index contributed by atoms with van der Waals surface area (Å²) in [5, 5.41) is 8.47. The summed E-state index contributed by atoms with van der Waals surface area (Å²) in [6.07, 6.45) is 0. The maximum Gasteiger partial charge on any atom is 0.354 e. The van der Waals surface area contributed by atoms with Crippen LogP contribution in [0, 0.1) is 0 Å². The second-order valence-electron chi connectivity index (χ2n) is 4.27. The lowest BCUT2D eigenvalue weighted by Crippen LogP contribution is -2.54. The maximum atomic E-state index is 11.0. The number of nitrogens with one attached hydrogen (secondary N) is 1. The Bertz CT molecular complexity index is 489. The summed E-state index contributed by atoms with van der Waals surface area (Å²) in [5.74, 6) is 0. The van der Waals surface area contributed by atoms with E-state index >= 15 is 0 Å². The van der Waals surface area contributed by atoms with E-state index in [4.69, 9.17) is 24.1 Å². The lowest BCUT2D eigenvalue weighted by molar-refractivity contribution is 0.0619. The molecule has 1 atom stereocenters. The van der Waals surface area contributed by atoms with Gasteiger partial charge >= 0.3 is 15.2 Å². The molecular formula is C5H15NO10P2S. The predicted molar refractivity (Wildman–Crippen MR) is 62.6 cm³/mol. The Labute approximate surface area is 108 Å². The normalized spacial score (nSPS) is 16.7. The third kappa shape index (κ3) is 5.96. The van der Waals surface area contributed by atoms with Crippen LogP contribution >= 0.6 is 15.2 Å². The van der Waals surface area contributed by atoms with Crippen LogP contribution in [0.5, 0.6) is 0 Å². The highest BCUT2D eigenvalue weighted by Gasteiger charge is 2.49. The molecule has 0 rings (SSSR count). The van der Waals surface area contributed by atoms with E-state index in [1.54, 1.807) is 0 Å². The first-order valence-electron chi connectivity index (χ1n) is 4.52. The van der Waals surface area contributed by atoms with E-state index in [2.05, 4.69) is 0 Å². The molecule has 0 amide bonds. The molecule has 0 fully saturated rings. The van der Waals surface area contributed by atoms with E-state index in [9.17, 15) is 22.7 Å². The van der Waals surface area contributed by atoms with Crippen molar-refractivity contribution in [2.75, 3.05) is 0 Å². The van der Waals surface area contributed by atoms with Gasteiger partial charge in [0.1, 0.15) is 0 Å². The average Bonchev–Trinajstić information content (AvgIpc) is 1.91. The standard InChI is InChI=1S/C5H15NO10P2S/c1-5(2,7)3(19(14,15)16)6-4(17(8,9)10)18(11,12)13/h3-4,6-7H,1-2H3,(H2,8,9,10)(H2,11,12,13)(H,14,15,16). The van der Waals surface area contributed by atoms with Gasteiger partial charge in [-0.25, -0.2) is 0 Å². The summed E-state index contributed by atoms with van der Waals surface area (Å²) in [4.78, 5) is 35.2. The van der Waals surface area contributed by atoms with Crippen molar-refractivity contribution in [2.24, 2.45) is 0 Å². The van der Waals surface area contributed by atoms with Gasteiger partial charge in [0, 0.05) is 0 Å². The number of rotatable bonds is 6. The van der Waals surface area contributed by atoms with Crippen molar-refractivity contribution in [3.63, 3.8) is 0 Å². The van der Waals surface area contributed by atoms with Crippen LogP contribution in [0.4, 0.5) is 0 Å². The second-order valence-corrected chi connectivity index (χ2v) is 9.57. The first-order chi connectivity index (χ1) is 7.97. The van der Waals surface area contributed by atoms with Crippen molar-refractivity contribution in [3.05, 3.63) is 0 Å². The van der Waals surface area contributed by atoms with Gasteiger partial charge in [-0.2, -0.15) is 8.42 Å². The Morgan fingerprint density at radius 1 is 1.05 bits per heavy atom.